The van der Waals surface area contributed by atoms with Gasteiger partial charge in [0.2, 0.25) is 0 Å². The SMILES string of the molecule is FC(F)(I)n1ccc2ccccc21. The Morgan fingerprint density at radius 3 is 2.54 bits per heavy atom. The Bertz CT molecular complexity index is 430. The summed E-state index contributed by atoms with van der Waals surface area (Å²) >= 11 is 1.12. The maximum Gasteiger partial charge on any atom is 0.380 e. The highest BCUT2D eigenvalue weighted by molar-refractivity contribution is 14.1. The fourth-order valence-corrected chi connectivity index (χ4v) is 1.72. The predicted octanol–water partition coefficient (Wildman–Crippen LogP) is 3.58. The average Bonchev–Trinajstić information content (AvgIpc) is 2.45. The molecule has 0 fully saturated rings. The Morgan fingerprint density at radius 1 is 1.15 bits per heavy atom. The van der Waals surface area contributed by atoms with Crippen LogP contribution in [0.15, 0.2) is 36.5 Å². The van der Waals surface area contributed by atoms with E-state index in [4.69, 9.17) is 0 Å². The van der Waals surface area contributed by atoms with Crippen LogP contribution in [-0.4, -0.2) is 4.57 Å². The Balaban J connectivity index is 2.72. The molecule has 1 aromatic heterocycles. The van der Waals surface area contributed by atoms with Gasteiger partial charge in [-0.15, -0.1) is 0 Å². The van der Waals surface area contributed by atoms with Crippen molar-refractivity contribution in [1.82, 2.24) is 4.57 Å². The van der Waals surface area contributed by atoms with Crippen molar-refractivity contribution < 1.29 is 8.78 Å². The molecule has 2 rings (SSSR count). The minimum absolute atomic E-state index is 0.557. The summed E-state index contributed by atoms with van der Waals surface area (Å²) in [5.41, 5.74) is 0.557. The molecule has 0 saturated carbocycles. The van der Waals surface area contributed by atoms with Crippen LogP contribution in [0.2, 0.25) is 0 Å². The first-order valence-corrected chi connectivity index (χ1v) is 4.80. The monoisotopic (exact) mass is 293 g/mol. The predicted molar refractivity (Wildman–Crippen MR) is 56.1 cm³/mol. The van der Waals surface area contributed by atoms with Crippen LogP contribution in [-0.2, 0) is 4.05 Å². The normalized spacial score (nSPS) is 12.2. The minimum Gasteiger partial charge on any atom is -0.280 e. The molecule has 0 atom stereocenters. The number of alkyl halides is 3. The molecule has 13 heavy (non-hydrogen) atoms. The van der Waals surface area contributed by atoms with Crippen molar-refractivity contribution in [3.05, 3.63) is 36.5 Å². The topological polar surface area (TPSA) is 4.93 Å². The van der Waals surface area contributed by atoms with Crippen LogP contribution in [0.3, 0.4) is 0 Å². The van der Waals surface area contributed by atoms with Crippen molar-refractivity contribution in [2.45, 2.75) is 4.05 Å². The van der Waals surface area contributed by atoms with E-state index in [1.165, 1.54) is 6.20 Å². The molecule has 0 radical (unpaired) electrons. The molecule has 2 aromatic rings. The van der Waals surface area contributed by atoms with Crippen LogP contribution in [0, 0.1) is 0 Å². The Hall–Kier alpha value is -0.650. The Labute approximate surface area is 87.5 Å². The third-order valence-electron chi connectivity index (χ3n) is 1.87. The molecule has 4 heteroatoms. The number of halogens is 3. The second-order valence-electron chi connectivity index (χ2n) is 2.71. The van der Waals surface area contributed by atoms with Gasteiger partial charge in [-0.1, -0.05) is 18.2 Å². The summed E-state index contributed by atoms with van der Waals surface area (Å²) in [5, 5.41) is 0.832. The van der Waals surface area contributed by atoms with Gasteiger partial charge in [0.15, 0.2) is 0 Å². The maximum absolute atomic E-state index is 13.0. The molecule has 68 valence electrons. The second-order valence-corrected chi connectivity index (χ2v) is 4.01. The van der Waals surface area contributed by atoms with Gasteiger partial charge in [-0.3, -0.25) is 4.57 Å². The smallest absolute Gasteiger partial charge is 0.280 e. The summed E-state index contributed by atoms with van der Waals surface area (Å²) < 4.78 is 24.0. The minimum atomic E-state index is -2.86. The summed E-state index contributed by atoms with van der Waals surface area (Å²) in [5.74, 6) is 0. The van der Waals surface area contributed by atoms with E-state index < -0.39 is 4.05 Å². The first kappa shape index (κ1) is 8.93. The van der Waals surface area contributed by atoms with E-state index in [-0.39, 0.29) is 0 Å². The highest BCUT2D eigenvalue weighted by Gasteiger charge is 2.26. The number of hydrogen-bond donors (Lipinski definition) is 0. The van der Waals surface area contributed by atoms with Crippen molar-refractivity contribution in [3.8, 4) is 0 Å². The summed E-state index contributed by atoms with van der Waals surface area (Å²) in [6, 6.07) is 8.76. The molecular formula is C9H6F2IN. The number of para-hydroxylation sites is 1. The first-order chi connectivity index (χ1) is 6.09. The van der Waals surface area contributed by atoms with E-state index in [0.717, 1.165) is 32.5 Å². The lowest BCUT2D eigenvalue weighted by molar-refractivity contribution is 0.0510. The standard InChI is InChI=1S/C9H6F2IN/c10-9(11,12)13-6-5-7-3-1-2-4-8(7)13/h1-6H. The first-order valence-electron chi connectivity index (χ1n) is 3.72. The molecule has 0 amide bonds. The molecule has 1 nitrogen and oxygen atoms in total. The molecule has 1 heterocycles. The maximum atomic E-state index is 13.0. The number of benzene rings is 1. The lowest BCUT2D eigenvalue weighted by atomic mass is 10.2. The third kappa shape index (κ3) is 1.54. The Kier molecular flexibility index (Phi) is 2.02. The molecule has 0 aliphatic heterocycles. The fraction of sp³-hybridized carbons (Fsp3) is 0.111. The van der Waals surface area contributed by atoms with E-state index >= 15 is 0 Å². The lowest BCUT2D eigenvalue weighted by Crippen LogP contribution is -2.12. The van der Waals surface area contributed by atoms with Gasteiger partial charge in [-0.25, -0.2) is 0 Å². The number of hydrogen-bond acceptors (Lipinski definition) is 0. The Morgan fingerprint density at radius 2 is 1.85 bits per heavy atom. The van der Waals surface area contributed by atoms with Gasteiger partial charge >= 0.3 is 4.05 Å². The van der Waals surface area contributed by atoms with Crippen LogP contribution in [0.4, 0.5) is 8.78 Å². The zero-order chi connectivity index (χ0) is 9.47. The van der Waals surface area contributed by atoms with Gasteiger partial charge in [-0.05, 0) is 17.5 Å². The van der Waals surface area contributed by atoms with Crippen molar-refractivity contribution in [2.75, 3.05) is 0 Å². The second kappa shape index (κ2) is 2.94. The molecule has 0 aliphatic rings. The molecular weight excluding hydrogens is 287 g/mol. The molecule has 0 spiro atoms. The number of nitrogens with zero attached hydrogens (tertiary/aromatic N) is 1. The van der Waals surface area contributed by atoms with E-state index in [1.807, 2.05) is 12.1 Å². The van der Waals surface area contributed by atoms with Gasteiger partial charge in [0.25, 0.3) is 0 Å². The zero-order valence-corrected chi connectivity index (χ0v) is 8.70. The van der Waals surface area contributed by atoms with E-state index in [9.17, 15) is 8.78 Å². The van der Waals surface area contributed by atoms with Crippen LogP contribution in [0.25, 0.3) is 10.9 Å². The third-order valence-corrected chi connectivity index (χ3v) is 2.39. The molecule has 0 aliphatic carbocycles. The number of fused-ring (bicyclic) bond motifs is 1. The average molecular weight is 293 g/mol. The largest absolute Gasteiger partial charge is 0.380 e. The summed E-state index contributed by atoms with van der Waals surface area (Å²) in [7, 11) is 0. The summed E-state index contributed by atoms with van der Waals surface area (Å²) in [6.45, 7) is 0. The highest BCUT2D eigenvalue weighted by Crippen LogP contribution is 2.32. The molecule has 1 aromatic carbocycles. The van der Waals surface area contributed by atoms with Crippen molar-refractivity contribution in [2.24, 2.45) is 0 Å². The number of rotatable bonds is 1. The van der Waals surface area contributed by atoms with Gasteiger partial charge in [-0.2, -0.15) is 8.78 Å². The van der Waals surface area contributed by atoms with Gasteiger partial charge in [0, 0.05) is 28.8 Å². The van der Waals surface area contributed by atoms with Crippen LogP contribution < -0.4 is 0 Å². The quantitative estimate of drug-likeness (QED) is 0.559. The van der Waals surface area contributed by atoms with E-state index in [0.29, 0.717) is 5.52 Å². The molecule has 0 saturated heterocycles. The summed E-state index contributed by atoms with van der Waals surface area (Å²) in [6.07, 6.45) is 1.40. The van der Waals surface area contributed by atoms with Crippen LogP contribution in [0.5, 0.6) is 0 Å². The van der Waals surface area contributed by atoms with Gasteiger partial charge < -0.3 is 0 Å². The highest BCUT2D eigenvalue weighted by atomic mass is 127. The van der Waals surface area contributed by atoms with Crippen molar-refractivity contribution in [3.63, 3.8) is 0 Å². The fourth-order valence-electron chi connectivity index (χ4n) is 1.30. The zero-order valence-electron chi connectivity index (χ0n) is 6.55. The number of aromatic nitrogens is 1. The van der Waals surface area contributed by atoms with E-state index in [1.54, 1.807) is 18.2 Å². The van der Waals surface area contributed by atoms with Crippen molar-refractivity contribution >= 4 is 33.5 Å². The van der Waals surface area contributed by atoms with Crippen molar-refractivity contribution in [1.29, 1.82) is 0 Å². The van der Waals surface area contributed by atoms with Gasteiger partial charge in [0.05, 0.1) is 5.52 Å². The summed E-state index contributed by atoms with van der Waals surface area (Å²) in [4.78, 5) is 0. The molecule has 0 N–H and O–H groups in total. The lowest BCUT2D eigenvalue weighted by Gasteiger charge is -2.11. The molecule has 0 unspecified atom stereocenters. The molecule has 0 bridgehead atoms. The van der Waals surface area contributed by atoms with Crippen LogP contribution >= 0.6 is 22.6 Å². The van der Waals surface area contributed by atoms with Gasteiger partial charge in [0.1, 0.15) is 0 Å². The van der Waals surface area contributed by atoms with E-state index in [2.05, 4.69) is 0 Å². The van der Waals surface area contributed by atoms with Crippen LogP contribution in [0.1, 0.15) is 0 Å².